The molecule has 1 aliphatic rings. The zero-order valence-corrected chi connectivity index (χ0v) is 14.2. The number of hydrogen-bond donors (Lipinski definition) is 2. The second kappa shape index (κ2) is 7.49. The summed E-state index contributed by atoms with van der Waals surface area (Å²) in [7, 11) is 0. The van der Waals surface area contributed by atoms with Crippen molar-refractivity contribution in [3.8, 4) is 0 Å². The highest BCUT2D eigenvalue weighted by Gasteiger charge is 2.30. The maximum Gasteiger partial charge on any atom is 0.322 e. The molecule has 0 bridgehead atoms. The standard InChI is InChI=1S/C20H22N2O3/c1-14(24)16-6-4-7-17(13-16)21-20(25)22(11-12-23)19-10-9-15-5-2-3-8-18(15)19/h2-8,13,19,23H,9-12H2,1H3,(H,21,25). The Labute approximate surface area is 147 Å². The molecular weight excluding hydrogens is 316 g/mol. The summed E-state index contributed by atoms with van der Waals surface area (Å²) in [6.07, 6.45) is 1.77. The summed E-state index contributed by atoms with van der Waals surface area (Å²) in [4.78, 5) is 26.0. The fourth-order valence-electron chi connectivity index (χ4n) is 3.38. The number of Topliss-reactive ketones (excluding diaryl/α,β-unsaturated/α-hetero) is 1. The van der Waals surface area contributed by atoms with Crippen molar-refractivity contribution in [2.24, 2.45) is 0 Å². The summed E-state index contributed by atoms with van der Waals surface area (Å²) in [5.74, 6) is -0.0481. The predicted octanol–water partition coefficient (Wildman–Crippen LogP) is 3.40. The molecule has 2 N–H and O–H groups in total. The number of nitrogens with one attached hydrogen (secondary N) is 1. The summed E-state index contributed by atoms with van der Waals surface area (Å²) < 4.78 is 0. The largest absolute Gasteiger partial charge is 0.395 e. The van der Waals surface area contributed by atoms with Crippen molar-refractivity contribution in [2.45, 2.75) is 25.8 Å². The van der Waals surface area contributed by atoms with Gasteiger partial charge in [-0.2, -0.15) is 0 Å². The van der Waals surface area contributed by atoms with Crippen LogP contribution in [-0.2, 0) is 6.42 Å². The number of hydrogen-bond acceptors (Lipinski definition) is 3. The van der Waals surface area contributed by atoms with Crippen molar-refractivity contribution >= 4 is 17.5 Å². The van der Waals surface area contributed by atoms with Crippen LogP contribution in [0.3, 0.4) is 0 Å². The Morgan fingerprint density at radius 3 is 2.76 bits per heavy atom. The first-order chi connectivity index (χ1) is 12.1. The van der Waals surface area contributed by atoms with Crippen LogP contribution in [0.25, 0.3) is 0 Å². The smallest absolute Gasteiger partial charge is 0.322 e. The van der Waals surface area contributed by atoms with Gasteiger partial charge >= 0.3 is 6.03 Å². The van der Waals surface area contributed by atoms with Gasteiger partial charge in [-0.3, -0.25) is 4.79 Å². The summed E-state index contributed by atoms with van der Waals surface area (Å²) in [5.41, 5.74) is 3.52. The highest BCUT2D eigenvalue weighted by atomic mass is 16.3. The fraction of sp³-hybridized carbons (Fsp3) is 0.300. The van der Waals surface area contributed by atoms with E-state index in [1.807, 2.05) is 18.2 Å². The molecule has 0 saturated heterocycles. The monoisotopic (exact) mass is 338 g/mol. The number of nitrogens with zero attached hydrogens (tertiary/aromatic N) is 1. The average molecular weight is 338 g/mol. The number of fused-ring (bicyclic) bond motifs is 1. The zero-order chi connectivity index (χ0) is 17.8. The normalized spacial score (nSPS) is 15.5. The number of urea groups is 1. The van der Waals surface area contributed by atoms with Crippen LogP contribution in [-0.4, -0.2) is 35.0 Å². The number of benzene rings is 2. The number of carbonyl (C=O) groups is 2. The molecule has 0 aromatic heterocycles. The minimum atomic E-state index is -0.267. The van der Waals surface area contributed by atoms with Gasteiger partial charge in [0.25, 0.3) is 0 Å². The van der Waals surface area contributed by atoms with Crippen LogP contribution >= 0.6 is 0 Å². The second-order valence-electron chi connectivity index (χ2n) is 6.24. The first-order valence-electron chi connectivity index (χ1n) is 8.47. The molecule has 0 saturated carbocycles. The lowest BCUT2D eigenvalue weighted by atomic mass is 10.1. The van der Waals surface area contributed by atoms with E-state index in [2.05, 4.69) is 11.4 Å². The van der Waals surface area contributed by atoms with Gasteiger partial charge in [0.15, 0.2) is 5.78 Å². The second-order valence-corrected chi connectivity index (χ2v) is 6.24. The average Bonchev–Trinajstić information content (AvgIpc) is 3.03. The lowest BCUT2D eigenvalue weighted by Crippen LogP contribution is -2.39. The Kier molecular flexibility index (Phi) is 5.14. The van der Waals surface area contributed by atoms with Crippen LogP contribution in [0.4, 0.5) is 10.5 Å². The molecule has 1 aliphatic carbocycles. The van der Waals surface area contributed by atoms with Crippen LogP contribution in [0, 0.1) is 0 Å². The molecule has 2 amide bonds. The van der Waals surface area contributed by atoms with Crippen LogP contribution < -0.4 is 5.32 Å². The van der Waals surface area contributed by atoms with E-state index in [-0.39, 0.29) is 31.0 Å². The van der Waals surface area contributed by atoms with Gasteiger partial charge < -0.3 is 15.3 Å². The maximum atomic E-state index is 12.8. The van der Waals surface area contributed by atoms with E-state index < -0.39 is 0 Å². The van der Waals surface area contributed by atoms with Gasteiger partial charge in [-0.1, -0.05) is 36.4 Å². The molecule has 0 spiro atoms. The molecule has 130 valence electrons. The lowest BCUT2D eigenvalue weighted by Gasteiger charge is -2.29. The number of amides is 2. The minimum Gasteiger partial charge on any atom is -0.395 e. The van der Waals surface area contributed by atoms with Crippen LogP contribution in [0.5, 0.6) is 0 Å². The third kappa shape index (κ3) is 3.72. The molecule has 25 heavy (non-hydrogen) atoms. The quantitative estimate of drug-likeness (QED) is 0.821. The van der Waals surface area contributed by atoms with Crippen LogP contribution in [0.15, 0.2) is 48.5 Å². The number of carbonyl (C=O) groups excluding carboxylic acids is 2. The van der Waals surface area contributed by atoms with E-state index in [0.717, 1.165) is 18.4 Å². The van der Waals surface area contributed by atoms with Crippen molar-refractivity contribution in [3.63, 3.8) is 0 Å². The molecule has 5 heteroatoms. The van der Waals surface area contributed by atoms with Gasteiger partial charge in [0.05, 0.1) is 12.6 Å². The number of aliphatic hydroxyl groups is 1. The molecular formula is C20H22N2O3. The van der Waals surface area contributed by atoms with Gasteiger partial charge in [-0.25, -0.2) is 4.79 Å². The van der Waals surface area contributed by atoms with Crippen LogP contribution in [0.1, 0.15) is 40.9 Å². The molecule has 2 aromatic carbocycles. The molecule has 3 rings (SSSR count). The zero-order valence-electron chi connectivity index (χ0n) is 14.2. The van der Waals surface area contributed by atoms with E-state index >= 15 is 0 Å². The number of aryl methyl sites for hydroxylation is 1. The molecule has 0 fully saturated rings. The lowest BCUT2D eigenvalue weighted by molar-refractivity contribution is 0.101. The van der Waals surface area contributed by atoms with Gasteiger partial charge in [0.1, 0.15) is 0 Å². The minimum absolute atomic E-state index is 0.0423. The third-order valence-corrected chi connectivity index (χ3v) is 4.60. The molecule has 0 aliphatic heterocycles. The van der Waals surface area contributed by atoms with Gasteiger partial charge in [0.2, 0.25) is 0 Å². The summed E-state index contributed by atoms with van der Waals surface area (Å²) in [6, 6.07) is 14.7. The van der Waals surface area contributed by atoms with Crippen molar-refractivity contribution in [1.29, 1.82) is 0 Å². The van der Waals surface area contributed by atoms with Gasteiger partial charge in [0, 0.05) is 17.8 Å². The number of rotatable bonds is 5. The van der Waals surface area contributed by atoms with Crippen molar-refractivity contribution in [2.75, 3.05) is 18.5 Å². The van der Waals surface area contributed by atoms with Crippen molar-refractivity contribution < 1.29 is 14.7 Å². The molecule has 1 unspecified atom stereocenters. The molecule has 0 heterocycles. The van der Waals surface area contributed by atoms with E-state index in [9.17, 15) is 14.7 Å². The maximum absolute atomic E-state index is 12.8. The molecule has 2 aromatic rings. The van der Waals surface area contributed by atoms with Gasteiger partial charge in [-0.15, -0.1) is 0 Å². The third-order valence-electron chi connectivity index (χ3n) is 4.60. The Morgan fingerprint density at radius 2 is 2.00 bits per heavy atom. The van der Waals surface area contributed by atoms with Crippen LogP contribution in [0.2, 0.25) is 0 Å². The first-order valence-corrected chi connectivity index (χ1v) is 8.47. The Bertz CT molecular complexity index is 788. The topological polar surface area (TPSA) is 69.6 Å². The SMILES string of the molecule is CC(=O)c1cccc(NC(=O)N(CCO)C2CCc3ccccc32)c1. The summed E-state index contributed by atoms with van der Waals surface area (Å²) in [5, 5.41) is 12.3. The molecule has 1 atom stereocenters. The Morgan fingerprint density at radius 1 is 1.20 bits per heavy atom. The number of anilines is 1. The van der Waals surface area contributed by atoms with Crippen molar-refractivity contribution in [3.05, 3.63) is 65.2 Å². The number of aliphatic hydroxyl groups excluding tert-OH is 1. The first kappa shape index (κ1) is 17.2. The van der Waals surface area contributed by atoms with E-state index in [0.29, 0.717) is 11.3 Å². The van der Waals surface area contributed by atoms with E-state index in [4.69, 9.17) is 0 Å². The molecule has 0 radical (unpaired) electrons. The highest BCUT2D eigenvalue weighted by molar-refractivity contribution is 5.96. The van der Waals surface area contributed by atoms with Crippen molar-refractivity contribution in [1.82, 2.24) is 4.90 Å². The fourth-order valence-corrected chi connectivity index (χ4v) is 3.38. The highest BCUT2D eigenvalue weighted by Crippen LogP contribution is 2.35. The number of ketones is 1. The Balaban J connectivity index is 1.80. The van der Waals surface area contributed by atoms with E-state index in [1.165, 1.54) is 12.5 Å². The predicted molar refractivity (Wildman–Crippen MR) is 96.8 cm³/mol. The Hall–Kier alpha value is -2.66. The summed E-state index contributed by atoms with van der Waals surface area (Å²) >= 11 is 0. The van der Waals surface area contributed by atoms with Gasteiger partial charge in [-0.05, 0) is 43.0 Å². The molecule has 5 nitrogen and oxygen atoms in total. The van der Waals surface area contributed by atoms with E-state index in [1.54, 1.807) is 29.2 Å². The summed E-state index contributed by atoms with van der Waals surface area (Å²) in [6.45, 7) is 1.66.